The maximum atomic E-state index is 13.9. The molecular weight excluding hydrogens is 622 g/mol. The van der Waals surface area contributed by atoms with E-state index in [2.05, 4.69) is 21.2 Å². The highest BCUT2D eigenvalue weighted by atomic mass is 79.9. The van der Waals surface area contributed by atoms with Gasteiger partial charge in [0.1, 0.15) is 6.04 Å². The first kappa shape index (κ1) is 31.4. The molecule has 0 aromatic heterocycles. The maximum absolute atomic E-state index is 13.9. The van der Waals surface area contributed by atoms with Crippen LogP contribution in [0.4, 0.5) is 5.69 Å². The second-order valence-electron chi connectivity index (χ2n) is 10.1. The molecule has 9 nitrogen and oxygen atoms in total. The molecule has 1 atom stereocenters. The molecule has 1 aliphatic heterocycles. The molecule has 0 saturated carbocycles. The fourth-order valence-electron chi connectivity index (χ4n) is 4.75. The molecule has 224 valence electrons. The summed E-state index contributed by atoms with van der Waals surface area (Å²) >= 11 is 3.45. The normalized spacial score (nSPS) is 12.9. The molecule has 3 aromatic carbocycles. The van der Waals surface area contributed by atoms with Gasteiger partial charge in [-0.05, 0) is 48.2 Å². The lowest BCUT2D eigenvalue weighted by Gasteiger charge is -2.32. The molecule has 0 spiro atoms. The van der Waals surface area contributed by atoms with Gasteiger partial charge in [-0.2, -0.15) is 0 Å². The molecule has 1 N–H and O–H groups in total. The SMILES string of the molecule is CCCNC(=O)C(Cc1ccccc1)N(Cc1ccc(Br)cc1)C(=O)CCCN(c1ccc2c(c1)OCO2)S(C)(=O)=O. The first-order valence-corrected chi connectivity index (χ1v) is 16.5. The Balaban J connectivity index is 1.56. The third kappa shape index (κ3) is 8.48. The summed E-state index contributed by atoms with van der Waals surface area (Å²) in [5, 5.41) is 2.97. The van der Waals surface area contributed by atoms with Crippen molar-refractivity contribution in [3.8, 4) is 11.5 Å². The molecule has 0 aliphatic carbocycles. The van der Waals surface area contributed by atoms with E-state index in [-0.39, 0.29) is 44.5 Å². The number of anilines is 1. The summed E-state index contributed by atoms with van der Waals surface area (Å²) in [6.45, 7) is 2.88. The van der Waals surface area contributed by atoms with Crippen LogP contribution in [-0.2, 0) is 32.6 Å². The smallest absolute Gasteiger partial charge is 0.243 e. The van der Waals surface area contributed by atoms with Gasteiger partial charge >= 0.3 is 0 Å². The molecule has 0 bridgehead atoms. The van der Waals surface area contributed by atoms with Crippen molar-refractivity contribution >= 4 is 43.5 Å². The van der Waals surface area contributed by atoms with E-state index in [9.17, 15) is 18.0 Å². The zero-order chi connectivity index (χ0) is 30.1. The predicted molar refractivity (Wildman–Crippen MR) is 166 cm³/mol. The first-order chi connectivity index (χ1) is 20.2. The standard InChI is InChI=1S/C31H36BrN3O6S/c1-3-17-33-31(37)27(19-23-8-5-4-6-9-23)34(21-24-11-13-25(32)14-12-24)30(36)10-7-18-35(42(2,38)39)26-15-16-28-29(20-26)41-22-40-28/h4-6,8-9,11-16,20,27H,3,7,10,17-19,21-22H2,1-2H3,(H,33,37). The number of hydrogen-bond acceptors (Lipinski definition) is 6. The Hall–Kier alpha value is -3.57. The molecule has 0 saturated heterocycles. The average molecular weight is 659 g/mol. The second kappa shape index (κ2) is 14.6. The van der Waals surface area contributed by atoms with Crippen LogP contribution in [0.25, 0.3) is 0 Å². The third-order valence-corrected chi connectivity index (χ3v) is 8.61. The zero-order valence-corrected chi connectivity index (χ0v) is 26.2. The fraction of sp³-hybridized carbons (Fsp3) is 0.355. The van der Waals surface area contributed by atoms with Crippen molar-refractivity contribution in [1.82, 2.24) is 10.2 Å². The summed E-state index contributed by atoms with van der Waals surface area (Å²) in [5.41, 5.74) is 2.25. The van der Waals surface area contributed by atoms with E-state index in [0.717, 1.165) is 28.3 Å². The van der Waals surface area contributed by atoms with Crippen molar-refractivity contribution in [2.45, 2.75) is 45.2 Å². The van der Waals surface area contributed by atoms with Crippen molar-refractivity contribution in [3.63, 3.8) is 0 Å². The van der Waals surface area contributed by atoms with Crippen LogP contribution in [0.2, 0.25) is 0 Å². The number of ether oxygens (including phenoxy) is 2. The van der Waals surface area contributed by atoms with Crippen LogP contribution < -0.4 is 19.1 Å². The quantitative estimate of drug-likeness (QED) is 0.265. The molecule has 1 aliphatic rings. The number of rotatable bonds is 14. The highest BCUT2D eigenvalue weighted by Crippen LogP contribution is 2.36. The number of halogens is 1. The maximum Gasteiger partial charge on any atom is 0.243 e. The average Bonchev–Trinajstić information content (AvgIpc) is 3.44. The third-order valence-electron chi connectivity index (χ3n) is 6.88. The van der Waals surface area contributed by atoms with Crippen LogP contribution in [0.15, 0.2) is 77.3 Å². The van der Waals surface area contributed by atoms with Gasteiger partial charge in [0.25, 0.3) is 0 Å². The van der Waals surface area contributed by atoms with Crippen LogP contribution in [0.5, 0.6) is 11.5 Å². The van der Waals surface area contributed by atoms with Gasteiger partial charge in [-0.25, -0.2) is 8.42 Å². The van der Waals surface area contributed by atoms with E-state index < -0.39 is 16.1 Å². The lowest BCUT2D eigenvalue weighted by atomic mass is 10.0. The van der Waals surface area contributed by atoms with Crippen LogP contribution in [0.1, 0.15) is 37.3 Å². The van der Waals surface area contributed by atoms with E-state index in [1.165, 1.54) is 4.31 Å². The molecule has 2 amide bonds. The fourth-order valence-corrected chi connectivity index (χ4v) is 5.97. The van der Waals surface area contributed by atoms with Gasteiger partial charge in [-0.3, -0.25) is 13.9 Å². The summed E-state index contributed by atoms with van der Waals surface area (Å²) in [4.78, 5) is 29.0. The van der Waals surface area contributed by atoms with Gasteiger partial charge in [-0.15, -0.1) is 0 Å². The van der Waals surface area contributed by atoms with Crippen LogP contribution in [-0.4, -0.2) is 57.3 Å². The molecule has 1 unspecified atom stereocenters. The highest BCUT2D eigenvalue weighted by Gasteiger charge is 2.30. The van der Waals surface area contributed by atoms with Gasteiger partial charge in [0.2, 0.25) is 28.6 Å². The van der Waals surface area contributed by atoms with Crippen molar-refractivity contribution in [2.24, 2.45) is 0 Å². The van der Waals surface area contributed by atoms with Gasteiger partial charge in [-0.1, -0.05) is 65.3 Å². The van der Waals surface area contributed by atoms with Crippen LogP contribution >= 0.6 is 15.9 Å². The minimum Gasteiger partial charge on any atom is -0.454 e. The van der Waals surface area contributed by atoms with Crippen LogP contribution in [0, 0.1) is 0 Å². The molecule has 1 heterocycles. The first-order valence-electron chi connectivity index (χ1n) is 13.9. The number of nitrogens with one attached hydrogen (secondary N) is 1. The molecule has 11 heteroatoms. The van der Waals surface area contributed by atoms with E-state index in [1.54, 1.807) is 23.1 Å². The van der Waals surface area contributed by atoms with Crippen molar-refractivity contribution in [1.29, 1.82) is 0 Å². The summed E-state index contributed by atoms with van der Waals surface area (Å²) < 4.78 is 38.4. The Kier molecular flexibility index (Phi) is 10.9. The molecule has 0 radical (unpaired) electrons. The van der Waals surface area contributed by atoms with Gasteiger partial charge in [0.05, 0.1) is 11.9 Å². The van der Waals surface area contributed by atoms with E-state index in [0.29, 0.717) is 30.2 Å². The predicted octanol–water partition coefficient (Wildman–Crippen LogP) is 4.89. The summed E-state index contributed by atoms with van der Waals surface area (Å²) in [6.07, 6.45) is 2.56. The molecule has 42 heavy (non-hydrogen) atoms. The van der Waals surface area contributed by atoms with E-state index >= 15 is 0 Å². The Labute approximate surface area is 256 Å². The van der Waals surface area contributed by atoms with Gasteiger partial charge < -0.3 is 19.7 Å². The lowest BCUT2D eigenvalue weighted by Crippen LogP contribution is -2.50. The van der Waals surface area contributed by atoms with E-state index in [4.69, 9.17) is 9.47 Å². The highest BCUT2D eigenvalue weighted by molar-refractivity contribution is 9.10. The lowest BCUT2D eigenvalue weighted by molar-refractivity contribution is -0.141. The van der Waals surface area contributed by atoms with Crippen molar-refractivity contribution < 1.29 is 27.5 Å². The van der Waals surface area contributed by atoms with Crippen molar-refractivity contribution in [3.05, 3.63) is 88.4 Å². The molecule has 4 rings (SSSR count). The van der Waals surface area contributed by atoms with E-state index in [1.807, 2.05) is 61.5 Å². The summed E-state index contributed by atoms with van der Waals surface area (Å²) in [6, 6.07) is 21.5. The summed E-state index contributed by atoms with van der Waals surface area (Å²) in [7, 11) is -3.64. The number of carbonyl (C=O) groups is 2. The zero-order valence-electron chi connectivity index (χ0n) is 23.8. The number of carbonyl (C=O) groups excluding carboxylic acids is 2. The molecule has 3 aromatic rings. The topological polar surface area (TPSA) is 105 Å². The largest absolute Gasteiger partial charge is 0.454 e. The Morgan fingerprint density at radius 3 is 2.38 bits per heavy atom. The number of nitrogens with zero attached hydrogens (tertiary/aromatic N) is 2. The number of hydrogen-bond donors (Lipinski definition) is 1. The Morgan fingerprint density at radius 2 is 1.69 bits per heavy atom. The molecule has 0 fully saturated rings. The minimum atomic E-state index is -3.64. The second-order valence-corrected chi connectivity index (χ2v) is 12.9. The summed E-state index contributed by atoms with van der Waals surface area (Å²) in [5.74, 6) is 0.574. The minimum absolute atomic E-state index is 0.0550. The number of sulfonamides is 1. The number of benzene rings is 3. The Morgan fingerprint density at radius 1 is 0.976 bits per heavy atom. The van der Waals surface area contributed by atoms with Crippen LogP contribution in [0.3, 0.4) is 0 Å². The monoisotopic (exact) mass is 657 g/mol. The van der Waals surface area contributed by atoms with Gasteiger partial charge in [0.15, 0.2) is 11.5 Å². The molecular formula is C31H36BrN3O6S. The van der Waals surface area contributed by atoms with Crippen molar-refractivity contribution in [2.75, 3.05) is 30.4 Å². The number of fused-ring (bicyclic) bond motifs is 1. The van der Waals surface area contributed by atoms with Gasteiger partial charge in [0, 0.05) is 43.0 Å². The Bertz CT molecular complexity index is 1470. The number of amides is 2.